The fraction of sp³-hybridized carbons (Fsp3) is 0.467. The minimum atomic E-state index is 0.313. The first-order valence-corrected chi connectivity index (χ1v) is 9.01. The predicted molar refractivity (Wildman–Crippen MR) is 90.6 cm³/mol. The first kappa shape index (κ1) is 14.8. The largest absolute Gasteiger partial charge is 0.399 e. The highest BCUT2D eigenvalue weighted by molar-refractivity contribution is 8.07. The molecular formula is C15H19N3OS2. The summed E-state index contributed by atoms with van der Waals surface area (Å²) in [6, 6.07) is 5.79. The van der Waals surface area contributed by atoms with Crippen molar-refractivity contribution in [1.29, 1.82) is 0 Å². The van der Waals surface area contributed by atoms with Crippen LogP contribution in [0.2, 0.25) is 0 Å². The van der Waals surface area contributed by atoms with Crippen LogP contribution in [0.3, 0.4) is 0 Å². The van der Waals surface area contributed by atoms with Crippen molar-refractivity contribution >= 4 is 29.2 Å². The number of aryl methyl sites for hydroxylation is 1. The molecule has 21 heavy (non-hydrogen) atoms. The summed E-state index contributed by atoms with van der Waals surface area (Å²) < 4.78 is 5.44. The molecule has 2 aromatic rings. The molecule has 3 rings (SSSR count). The molecule has 2 heterocycles. The van der Waals surface area contributed by atoms with Crippen molar-refractivity contribution in [2.75, 3.05) is 11.5 Å². The van der Waals surface area contributed by atoms with Gasteiger partial charge in [0.25, 0.3) is 5.89 Å². The van der Waals surface area contributed by atoms with E-state index >= 15 is 0 Å². The van der Waals surface area contributed by atoms with Gasteiger partial charge in [0.05, 0.1) is 5.25 Å². The minimum absolute atomic E-state index is 0.313. The minimum Gasteiger partial charge on any atom is -0.399 e. The van der Waals surface area contributed by atoms with Crippen LogP contribution in [0, 0.1) is 6.92 Å². The SMILES string of the molecule is Cc1cc(-c2nc(C3CSC(C)C(C)S3)no2)ccc1N. The van der Waals surface area contributed by atoms with Crippen LogP contribution in [0.5, 0.6) is 0 Å². The lowest BCUT2D eigenvalue weighted by Crippen LogP contribution is -2.22. The molecule has 1 fully saturated rings. The summed E-state index contributed by atoms with van der Waals surface area (Å²) in [7, 11) is 0. The first-order valence-electron chi connectivity index (χ1n) is 7.01. The Labute approximate surface area is 133 Å². The second kappa shape index (κ2) is 5.93. The van der Waals surface area contributed by atoms with E-state index in [1.165, 1.54) is 0 Å². The van der Waals surface area contributed by atoms with Gasteiger partial charge in [-0.3, -0.25) is 0 Å². The summed E-state index contributed by atoms with van der Waals surface area (Å²) >= 11 is 3.92. The van der Waals surface area contributed by atoms with Gasteiger partial charge < -0.3 is 10.3 Å². The topological polar surface area (TPSA) is 64.9 Å². The molecule has 2 N–H and O–H groups in total. The predicted octanol–water partition coefficient (Wildman–Crippen LogP) is 3.93. The number of benzene rings is 1. The third kappa shape index (κ3) is 3.06. The average Bonchev–Trinajstić information content (AvgIpc) is 2.94. The van der Waals surface area contributed by atoms with Crippen LogP contribution >= 0.6 is 23.5 Å². The van der Waals surface area contributed by atoms with E-state index in [2.05, 4.69) is 24.0 Å². The van der Waals surface area contributed by atoms with E-state index in [4.69, 9.17) is 10.3 Å². The maximum atomic E-state index is 5.84. The van der Waals surface area contributed by atoms with Gasteiger partial charge in [-0.1, -0.05) is 19.0 Å². The fourth-order valence-electron chi connectivity index (χ4n) is 2.21. The van der Waals surface area contributed by atoms with Crippen molar-refractivity contribution in [3.05, 3.63) is 29.6 Å². The number of nitrogen functional groups attached to an aromatic ring is 1. The number of nitrogens with zero attached hydrogens (tertiary/aromatic N) is 2. The van der Waals surface area contributed by atoms with E-state index < -0.39 is 0 Å². The number of aromatic nitrogens is 2. The van der Waals surface area contributed by atoms with Crippen molar-refractivity contribution in [3.63, 3.8) is 0 Å². The van der Waals surface area contributed by atoms with Crippen LogP contribution in [0.4, 0.5) is 5.69 Å². The molecule has 0 spiro atoms. The molecule has 0 aliphatic carbocycles. The van der Waals surface area contributed by atoms with Gasteiger partial charge in [-0.15, -0.1) is 11.8 Å². The maximum absolute atomic E-state index is 5.84. The summed E-state index contributed by atoms with van der Waals surface area (Å²) in [4.78, 5) is 4.58. The molecule has 112 valence electrons. The van der Waals surface area contributed by atoms with Gasteiger partial charge in [-0.05, 0) is 30.7 Å². The average molecular weight is 321 g/mol. The number of hydrogen-bond donors (Lipinski definition) is 1. The summed E-state index contributed by atoms with van der Waals surface area (Å²) in [5.74, 6) is 2.41. The van der Waals surface area contributed by atoms with Gasteiger partial charge >= 0.3 is 0 Å². The Morgan fingerprint density at radius 1 is 1.29 bits per heavy atom. The molecule has 1 aliphatic heterocycles. The van der Waals surface area contributed by atoms with Gasteiger partial charge in [-0.2, -0.15) is 16.7 Å². The van der Waals surface area contributed by atoms with E-state index in [9.17, 15) is 0 Å². The van der Waals surface area contributed by atoms with Crippen LogP contribution in [-0.2, 0) is 0 Å². The van der Waals surface area contributed by atoms with Crippen molar-refractivity contribution in [2.24, 2.45) is 0 Å². The van der Waals surface area contributed by atoms with Gasteiger partial charge in [0.15, 0.2) is 5.82 Å². The van der Waals surface area contributed by atoms with Crippen molar-refractivity contribution in [3.8, 4) is 11.5 Å². The van der Waals surface area contributed by atoms with Gasteiger partial charge in [0.2, 0.25) is 0 Å². The van der Waals surface area contributed by atoms with Gasteiger partial charge in [-0.25, -0.2) is 0 Å². The van der Waals surface area contributed by atoms with Crippen molar-refractivity contribution in [2.45, 2.75) is 36.5 Å². The van der Waals surface area contributed by atoms with Crippen LogP contribution in [-0.4, -0.2) is 26.4 Å². The molecule has 6 heteroatoms. The highest BCUT2D eigenvalue weighted by atomic mass is 32.2. The zero-order valence-corrected chi connectivity index (χ0v) is 14.0. The van der Waals surface area contributed by atoms with Crippen LogP contribution in [0.1, 0.15) is 30.5 Å². The van der Waals surface area contributed by atoms with Crippen LogP contribution in [0.25, 0.3) is 11.5 Å². The van der Waals surface area contributed by atoms with Crippen molar-refractivity contribution in [1.82, 2.24) is 10.1 Å². The lowest BCUT2D eigenvalue weighted by Gasteiger charge is -2.29. The Hall–Kier alpha value is -1.14. The first-order chi connectivity index (χ1) is 10.0. The molecule has 0 saturated carbocycles. The third-order valence-electron chi connectivity index (χ3n) is 3.80. The lowest BCUT2D eigenvalue weighted by molar-refractivity contribution is 0.423. The Bertz CT molecular complexity index is 644. The van der Waals surface area contributed by atoms with Crippen LogP contribution in [0.15, 0.2) is 22.7 Å². The Morgan fingerprint density at radius 3 is 2.81 bits per heavy atom. The number of thioether (sulfide) groups is 2. The van der Waals surface area contributed by atoms with E-state index in [0.29, 0.717) is 21.6 Å². The van der Waals surface area contributed by atoms with E-state index in [0.717, 1.165) is 28.4 Å². The van der Waals surface area contributed by atoms with E-state index in [1.807, 2.05) is 48.6 Å². The summed E-state index contributed by atoms with van der Waals surface area (Å²) in [6.07, 6.45) is 0. The molecule has 0 bridgehead atoms. The highest BCUT2D eigenvalue weighted by Gasteiger charge is 2.30. The number of nitrogens with two attached hydrogens (primary N) is 1. The molecule has 4 nitrogen and oxygen atoms in total. The molecule has 1 aliphatic rings. The zero-order valence-electron chi connectivity index (χ0n) is 12.4. The monoisotopic (exact) mass is 321 g/mol. The van der Waals surface area contributed by atoms with E-state index in [-0.39, 0.29) is 0 Å². The summed E-state index contributed by atoms with van der Waals surface area (Å²) in [5.41, 5.74) is 8.57. The summed E-state index contributed by atoms with van der Waals surface area (Å²) in [6.45, 7) is 6.52. The molecule has 1 saturated heterocycles. The molecule has 0 amide bonds. The smallest absolute Gasteiger partial charge is 0.257 e. The van der Waals surface area contributed by atoms with E-state index in [1.54, 1.807) is 0 Å². The quantitative estimate of drug-likeness (QED) is 0.846. The number of anilines is 1. The Kier molecular flexibility index (Phi) is 4.17. The lowest BCUT2D eigenvalue weighted by atomic mass is 10.1. The Morgan fingerprint density at radius 2 is 2.10 bits per heavy atom. The standard InChI is InChI=1S/C15H19N3OS2/c1-8-6-11(4-5-12(8)16)15-17-14(18-19-15)13-7-20-9(2)10(3)21-13/h4-6,9-10,13H,7,16H2,1-3H3. The molecule has 1 aromatic carbocycles. The molecule has 0 radical (unpaired) electrons. The normalized spacial score (nSPS) is 26.0. The van der Waals surface area contributed by atoms with Crippen LogP contribution < -0.4 is 5.73 Å². The fourth-order valence-corrected chi connectivity index (χ4v) is 5.04. The molecule has 1 aromatic heterocycles. The maximum Gasteiger partial charge on any atom is 0.257 e. The van der Waals surface area contributed by atoms with Gasteiger partial charge in [0, 0.05) is 27.5 Å². The molecule has 3 unspecified atom stereocenters. The van der Waals surface area contributed by atoms with Gasteiger partial charge in [0.1, 0.15) is 0 Å². The number of rotatable bonds is 2. The number of hydrogen-bond acceptors (Lipinski definition) is 6. The summed E-state index contributed by atoms with van der Waals surface area (Å²) in [5, 5.41) is 5.77. The second-order valence-corrected chi connectivity index (χ2v) is 8.39. The Balaban J connectivity index is 1.81. The second-order valence-electron chi connectivity index (χ2n) is 5.40. The zero-order chi connectivity index (χ0) is 15.0. The molecule has 3 atom stereocenters. The highest BCUT2D eigenvalue weighted by Crippen LogP contribution is 2.43. The third-order valence-corrected chi connectivity index (χ3v) is 7.18. The van der Waals surface area contributed by atoms with Crippen molar-refractivity contribution < 1.29 is 4.52 Å². The molecular weight excluding hydrogens is 302 g/mol.